The van der Waals surface area contributed by atoms with Gasteiger partial charge in [-0.15, -0.1) is 11.3 Å². The highest BCUT2D eigenvalue weighted by Gasteiger charge is 2.28. The first-order chi connectivity index (χ1) is 15.0. The molecule has 1 N–H and O–H groups in total. The van der Waals surface area contributed by atoms with Crippen LogP contribution in [0, 0.1) is 6.92 Å². The van der Waals surface area contributed by atoms with Crippen molar-refractivity contribution in [2.45, 2.75) is 45.2 Å². The summed E-state index contributed by atoms with van der Waals surface area (Å²) >= 11 is 1.28. The second-order valence-corrected chi connectivity index (χ2v) is 9.20. The van der Waals surface area contributed by atoms with Crippen LogP contribution >= 0.6 is 11.3 Å². The van der Waals surface area contributed by atoms with Crippen molar-refractivity contribution in [2.75, 3.05) is 13.1 Å². The summed E-state index contributed by atoms with van der Waals surface area (Å²) in [6.45, 7) is 3.66. The molecular formula is C23H24N4O3S. The molecule has 5 rings (SSSR count). The summed E-state index contributed by atoms with van der Waals surface area (Å²) in [5.41, 5.74) is 1.58. The Labute approximate surface area is 183 Å². The molecule has 1 atom stereocenters. The van der Waals surface area contributed by atoms with Gasteiger partial charge in [-0.2, -0.15) is 0 Å². The molecule has 4 heterocycles. The van der Waals surface area contributed by atoms with Gasteiger partial charge in [-0.05, 0) is 30.9 Å². The highest BCUT2D eigenvalue weighted by molar-refractivity contribution is 7.20. The molecule has 1 aromatic carbocycles. The van der Waals surface area contributed by atoms with Crippen LogP contribution in [0.25, 0.3) is 10.2 Å². The molecule has 160 valence electrons. The third kappa shape index (κ3) is 3.54. The third-order valence-corrected chi connectivity index (χ3v) is 7.38. The number of nitrogens with one attached hydrogen (secondary N) is 1. The number of nitrogens with zero attached hydrogens (tertiary/aromatic N) is 3. The van der Waals surface area contributed by atoms with Crippen LogP contribution in [0.3, 0.4) is 0 Å². The average molecular weight is 437 g/mol. The molecule has 0 bridgehead atoms. The molecule has 2 aromatic heterocycles. The highest BCUT2D eigenvalue weighted by atomic mass is 32.1. The molecular weight excluding hydrogens is 412 g/mol. The lowest BCUT2D eigenvalue weighted by Gasteiger charge is -2.25. The van der Waals surface area contributed by atoms with E-state index in [9.17, 15) is 14.4 Å². The standard InChI is InChI=1S/C23H24N4O3S/c1-14-19-22(25-17-9-5-12-27(17)23(19)30)31-20(14)21(29)24-16(15-7-3-2-4-8-15)13-26-11-6-10-18(26)28/h2-4,7-8,16H,5-6,9-13H2,1H3,(H,24,29). The smallest absolute Gasteiger partial charge is 0.262 e. The van der Waals surface area contributed by atoms with E-state index in [4.69, 9.17) is 0 Å². The summed E-state index contributed by atoms with van der Waals surface area (Å²) in [5, 5.41) is 3.66. The molecule has 1 unspecified atom stereocenters. The fourth-order valence-corrected chi connectivity index (χ4v) is 5.65. The number of benzene rings is 1. The number of carbonyl (C=O) groups is 2. The van der Waals surface area contributed by atoms with E-state index in [-0.39, 0.29) is 23.4 Å². The van der Waals surface area contributed by atoms with Crippen molar-refractivity contribution in [2.24, 2.45) is 0 Å². The van der Waals surface area contributed by atoms with E-state index < -0.39 is 0 Å². The lowest BCUT2D eigenvalue weighted by Crippen LogP contribution is -2.38. The van der Waals surface area contributed by atoms with Crippen LogP contribution in [-0.2, 0) is 17.8 Å². The maximum Gasteiger partial charge on any atom is 0.262 e. The zero-order chi connectivity index (χ0) is 21.5. The lowest BCUT2D eigenvalue weighted by atomic mass is 10.1. The Balaban J connectivity index is 1.47. The molecule has 0 aliphatic carbocycles. The largest absolute Gasteiger partial charge is 0.343 e. The van der Waals surface area contributed by atoms with Gasteiger partial charge in [0.2, 0.25) is 5.91 Å². The maximum absolute atomic E-state index is 13.3. The second-order valence-electron chi connectivity index (χ2n) is 8.20. The minimum atomic E-state index is -0.320. The van der Waals surface area contributed by atoms with Gasteiger partial charge in [0, 0.05) is 32.5 Å². The fraction of sp³-hybridized carbons (Fsp3) is 0.391. The summed E-state index contributed by atoms with van der Waals surface area (Å²) in [6, 6.07) is 9.38. The average Bonchev–Trinajstić information content (AvgIpc) is 3.48. The van der Waals surface area contributed by atoms with Crippen LogP contribution in [0.4, 0.5) is 0 Å². The monoisotopic (exact) mass is 436 g/mol. The predicted molar refractivity (Wildman–Crippen MR) is 119 cm³/mol. The Hall–Kier alpha value is -3.00. The number of aromatic nitrogens is 2. The summed E-state index contributed by atoms with van der Waals surface area (Å²) in [7, 11) is 0. The van der Waals surface area contributed by atoms with E-state index in [0.29, 0.717) is 46.7 Å². The molecule has 0 radical (unpaired) electrons. The maximum atomic E-state index is 13.3. The van der Waals surface area contributed by atoms with Crippen molar-refractivity contribution < 1.29 is 9.59 Å². The van der Waals surface area contributed by atoms with Crippen LogP contribution in [0.5, 0.6) is 0 Å². The second kappa shape index (κ2) is 7.92. The van der Waals surface area contributed by atoms with E-state index in [1.165, 1.54) is 11.3 Å². The van der Waals surface area contributed by atoms with E-state index in [0.717, 1.165) is 30.7 Å². The number of hydrogen-bond donors (Lipinski definition) is 1. The van der Waals surface area contributed by atoms with Crippen LogP contribution in [-0.4, -0.2) is 39.4 Å². The molecule has 2 amide bonds. The molecule has 0 spiro atoms. The molecule has 2 aliphatic rings. The van der Waals surface area contributed by atoms with Crippen LogP contribution in [0.1, 0.15) is 51.9 Å². The summed E-state index contributed by atoms with van der Waals surface area (Å²) in [5.74, 6) is 0.700. The summed E-state index contributed by atoms with van der Waals surface area (Å²) < 4.78 is 1.73. The first-order valence-corrected chi connectivity index (χ1v) is 11.5. The Kier molecular flexibility index (Phi) is 5.09. The van der Waals surface area contributed by atoms with Gasteiger partial charge in [0.25, 0.3) is 11.5 Å². The normalized spacial score (nSPS) is 16.7. The van der Waals surface area contributed by atoms with Crippen LogP contribution in [0.15, 0.2) is 35.1 Å². The number of aryl methyl sites for hydroxylation is 2. The number of hydrogen-bond acceptors (Lipinski definition) is 5. The number of likely N-dealkylation sites (tertiary alicyclic amines) is 1. The molecule has 1 saturated heterocycles. The van der Waals surface area contributed by atoms with Crippen LogP contribution in [0.2, 0.25) is 0 Å². The van der Waals surface area contributed by atoms with Gasteiger partial charge in [-0.3, -0.25) is 19.0 Å². The van der Waals surface area contributed by atoms with Gasteiger partial charge in [0.15, 0.2) is 0 Å². The first-order valence-electron chi connectivity index (χ1n) is 10.7. The number of rotatable bonds is 5. The highest BCUT2D eigenvalue weighted by Crippen LogP contribution is 2.29. The molecule has 2 aliphatic heterocycles. The van der Waals surface area contributed by atoms with Crippen molar-refractivity contribution >= 4 is 33.4 Å². The van der Waals surface area contributed by atoms with Crippen molar-refractivity contribution in [3.05, 3.63) is 62.5 Å². The molecule has 0 saturated carbocycles. The minimum absolute atomic E-state index is 0.0485. The zero-order valence-electron chi connectivity index (χ0n) is 17.4. The summed E-state index contributed by atoms with van der Waals surface area (Å²) in [4.78, 5) is 46.0. The first kappa shape index (κ1) is 19.9. The lowest BCUT2D eigenvalue weighted by molar-refractivity contribution is -0.128. The Morgan fingerprint density at radius 3 is 2.68 bits per heavy atom. The molecule has 7 nitrogen and oxygen atoms in total. The van der Waals surface area contributed by atoms with E-state index in [2.05, 4.69) is 10.3 Å². The number of amides is 2. The van der Waals surface area contributed by atoms with Gasteiger partial charge >= 0.3 is 0 Å². The van der Waals surface area contributed by atoms with Crippen molar-refractivity contribution in [3.8, 4) is 0 Å². The number of thiophene rings is 1. The van der Waals surface area contributed by atoms with Crippen molar-refractivity contribution in [1.29, 1.82) is 0 Å². The Bertz CT molecular complexity index is 1230. The fourth-order valence-electron chi connectivity index (χ4n) is 4.55. The van der Waals surface area contributed by atoms with Gasteiger partial charge in [0.1, 0.15) is 10.7 Å². The third-order valence-electron chi connectivity index (χ3n) is 6.20. The topological polar surface area (TPSA) is 84.3 Å². The predicted octanol–water partition coefficient (Wildman–Crippen LogP) is 2.81. The van der Waals surface area contributed by atoms with Crippen LogP contribution < -0.4 is 10.9 Å². The summed E-state index contributed by atoms with van der Waals surface area (Å²) in [6.07, 6.45) is 3.14. The van der Waals surface area contributed by atoms with E-state index in [1.54, 1.807) is 4.57 Å². The number of fused-ring (bicyclic) bond motifs is 2. The van der Waals surface area contributed by atoms with Gasteiger partial charge in [0.05, 0.1) is 16.3 Å². The Morgan fingerprint density at radius 1 is 1.16 bits per heavy atom. The zero-order valence-corrected chi connectivity index (χ0v) is 18.2. The molecule has 31 heavy (non-hydrogen) atoms. The van der Waals surface area contributed by atoms with Gasteiger partial charge in [-0.1, -0.05) is 30.3 Å². The molecule has 8 heteroatoms. The van der Waals surface area contributed by atoms with Crippen molar-refractivity contribution in [3.63, 3.8) is 0 Å². The minimum Gasteiger partial charge on any atom is -0.343 e. The SMILES string of the molecule is Cc1c(C(=O)NC(CN2CCCC2=O)c2ccccc2)sc2nc3n(c(=O)c12)CCC3. The van der Waals surface area contributed by atoms with E-state index in [1.807, 2.05) is 42.2 Å². The molecule has 3 aromatic rings. The van der Waals surface area contributed by atoms with E-state index >= 15 is 0 Å². The van der Waals surface area contributed by atoms with Gasteiger partial charge in [-0.25, -0.2) is 4.98 Å². The van der Waals surface area contributed by atoms with Crippen molar-refractivity contribution in [1.82, 2.24) is 19.8 Å². The Morgan fingerprint density at radius 2 is 1.94 bits per heavy atom. The quantitative estimate of drug-likeness (QED) is 0.667. The van der Waals surface area contributed by atoms with Gasteiger partial charge < -0.3 is 10.2 Å². The molecule has 1 fully saturated rings. The number of carbonyl (C=O) groups excluding carboxylic acids is 2.